The van der Waals surface area contributed by atoms with Gasteiger partial charge < -0.3 is 0 Å². The van der Waals surface area contributed by atoms with Crippen molar-refractivity contribution in [2.24, 2.45) is 5.10 Å². The highest BCUT2D eigenvalue weighted by Gasteiger charge is 2.11. The van der Waals surface area contributed by atoms with E-state index in [-0.39, 0.29) is 0 Å². The van der Waals surface area contributed by atoms with Crippen LogP contribution in [0.3, 0.4) is 0 Å². The number of rotatable bonds is 1. The van der Waals surface area contributed by atoms with Crippen LogP contribution in [0, 0.1) is 0 Å². The first-order valence-electron chi connectivity index (χ1n) is 2.17. The molecule has 1 aliphatic heterocycles. The Morgan fingerprint density at radius 3 is 2.50 bits per heavy atom. The Kier molecular flexibility index (Phi) is 0.783. The largest absolute Gasteiger partial charge is 0.294 e. The van der Waals surface area contributed by atoms with Crippen LogP contribution in [-0.4, -0.2) is 24.3 Å². The van der Waals surface area contributed by atoms with Crippen molar-refractivity contribution >= 4 is 6.21 Å². The van der Waals surface area contributed by atoms with Crippen molar-refractivity contribution in [3.8, 4) is 0 Å². The number of hydrazone groups is 1. The third kappa shape index (κ3) is 0.708. The Morgan fingerprint density at radius 1 is 1.67 bits per heavy atom. The molecular formula is C4H8N2. The van der Waals surface area contributed by atoms with E-state index < -0.39 is 0 Å². The van der Waals surface area contributed by atoms with E-state index in [0.717, 1.165) is 13.1 Å². The molecule has 0 spiro atoms. The average molecular weight is 84.1 g/mol. The minimum absolute atomic E-state index is 1.16. The van der Waals surface area contributed by atoms with Crippen LogP contribution in [0.25, 0.3) is 0 Å². The predicted molar refractivity (Wildman–Crippen MR) is 25.7 cm³/mol. The Morgan fingerprint density at radius 2 is 2.33 bits per heavy atom. The van der Waals surface area contributed by atoms with Gasteiger partial charge in [0.15, 0.2) is 0 Å². The predicted octanol–water partition coefficient (Wildman–Crippen LogP) is 0.308. The van der Waals surface area contributed by atoms with Crippen LogP contribution >= 0.6 is 0 Å². The molecule has 2 heteroatoms. The first-order chi connectivity index (χ1) is 2.93. The maximum atomic E-state index is 3.94. The van der Waals surface area contributed by atoms with Gasteiger partial charge in [-0.15, -0.1) is 0 Å². The van der Waals surface area contributed by atoms with Crippen molar-refractivity contribution < 1.29 is 0 Å². The van der Waals surface area contributed by atoms with E-state index in [4.69, 9.17) is 0 Å². The lowest BCUT2D eigenvalue weighted by Crippen LogP contribution is -1.78. The van der Waals surface area contributed by atoms with E-state index in [1.807, 2.05) is 18.1 Å². The molecule has 1 heterocycles. The number of nitrogens with zero attached hydrogens (tertiary/aromatic N) is 2. The molecule has 1 aliphatic rings. The summed E-state index contributed by atoms with van der Waals surface area (Å²) in [6.07, 6.45) is 1.81. The first kappa shape index (κ1) is 3.65. The number of hydrogen-bond acceptors (Lipinski definition) is 2. The quantitative estimate of drug-likeness (QED) is 0.329. The van der Waals surface area contributed by atoms with Gasteiger partial charge >= 0.3 is 0 Å². The summed E-state index contributed by atoms with van der Waals surface area (Å²) in [5.41, 5.74) is 0. The Bertz CT molecular complexity index is 63.9. The van der Waals surface area contributed by atoms with Crippen LogP contribution in [0.1, 0.15) is 6.92 Å². The van der Waals surface area contributed by atoms with E-state index in [1.165, 1.54) is 0 Å². The zero-order valence-electron chi connectivity index (χ0n) is 3.89. The fraction of sp³-hybridized carbons (Fsp3) is 0.750. The molecule has 0 N–H and O–H groups in total. The third-order valence-corrected chi connectivity index (χ3v) is 0.702. The summed E-state index contributed by atoms with van der Waals surface area (Å²) in [5, 5.41) is 5.94. The molecule has 0 radical (unpaired) electrons. The van der Waals surface area contributed by atoms with Crippen LogP contribution < -0.4 is 0 Å². The molecule has 0 aromatic rings. The molecule has 0 aromatic carbocycles. The van der Waals surface area contributed by atoms with Gasteiger partial charge in [0, 0.05) is 6.21 Å². The van der Waals surface area contributed by atoms with E-state index in [9.17, 15) is 0 Å². The summed E-state index contributed by atoms with van der Waals surface area (Å²) < 4.78 is 0. The van der Waals surface area contributed by atoms with Crippen LogP contribution in [0.5, 0.6) is 0 Å². The lowest BCUT2D eigenvalue weighted by Gasteiger charge is -1.81. The van der Waals surface area contributed by atoms with Crippen LogP contribution in [0.2, 0.25) is 0 Å². The molecule has 6 heavy (non-hydrogen) atoms. The molecule has 1 saturated heterocycles. The highest BCUT2D eigenvalue weighted by molar-refractivity contribution is 5.52. The Labute approximate surface area is 37.5 Å². The molecule has 1 rings (SSSR count). The second kappa shape index (κ2) is 1.29. The molecule has 34 valence electrons. The second-order valence-corrected chi connectivity index (χ2v) is 1.33. The minimum atomic E-state index is 1.16. The first-order valence-corrected chi connectivity index (χ1v) is 2.17. The van der Waals surface area contributed by atoms with E-state index in [1.54, 1.807) is 0 Å². The summed E-state index contributed by atoms with van der Waals surface area (Å²) in [6, 6.07) is 0. The van der Waals surface area contributed by atoms with Gasteiger partial charge in [-0.3, -0.25) is 5.01 Å². The molecule has 0 unspecified atom stereocenters. The lowest BCUT2D eigenvalue weighted by atomic mass is 10.9. The topological polar surface area (TPSA) is 15.4 Å². The highest BCUT2D eigenvalue weighted by Crippen LogP contribution is 2.00. The van der Waals surface area contributed by atoms with Gasteiger partial charge in [-0.1, -0.05) is 0 Å². The fourth-order valence-electron chi connectivity index (χ4n) is 0.323. The van der Waals surface area contributed by atoms with Crippen molar-refractivity contribution in [3.63, 3.8) is 0 Å². The van der Waals surface area contributed by atoms with E-state index >= 15 is 0 Å². The molecule has 0 atom stereocenters. The van der Waals surface area contributed by atoms with Gasteiger partial charge in [0.2, 0.25) is 0 Å². The minimum Gasteiger partial charge on any atom is -0.294 e. The summed E-state index contributed by atoms with van der Waals surface area (Å²) in [6.45, 7) is 4.24. The summed E-state index contributed by atoms with van der Waals surface area (Å²) in [7, 11) is 0. The molecule has 2 nitrogen and oxygen atoms in total. The van der Waals surface area contributed by atoms with E-state index in [0.29, 0.717) is 0 Å². The summed E-state index contributed by atoms with van der Waals surface area (Å²) in [5.74, 6) is 0. The molecule has 0 saturated carbocycles. The van der Waals surface area contributed by atoms with E-state index in [2.05, 4.69) is 5.10 Å². The van der Waals surface area contributed by atoms with Gasteiger partial charge in [0.05, 0.1) is 13.1 Å². The molecule has 0 aliphatic carbocycles. The highest BCUT2D eigenvalue weighted by atomic mass is 15.5. The van der Waals surface area contributed by atoms with Crippen LogP contribution in [0.4, 0.5) is 0 Å². The molecule has 0 bridgehead atoms. The second-order valence-electron chi connectivity index (χ2n) is 1.33. The lowest BCUT2D eigenvalue weighted by molar-refractivity contribution is 0.611. The van der Waals surface area contributed by atoms with Crippen LogP contribution in [-0.2, 0) is 0 Å². The SMILES string of the molecule is CC=NN1CC1. The van der Waals surface area contributed by atoms with Crippen molar-refractivity contribution in [2.45, 2.75) is 6.92 Å². The monoisotopic (exact) mass is 84.1 g/mol. The average Bonchev–Trinajstić information content (AvgIpc) is 2.21. The molecule has 1 fully saturated rings. The molecule has 0 amide bonds. The molecular weight excluding hydrogens is 76.1 g/mol. The summed E-state index contributed by atoms with van der Waals surface area (Å²) >= 11 is 0. The Balaban J connectivity index is 2.15. The van der Waals surface area contributed by atoms with Gasteiger partial charge in [0.25, 0.3) is 0 Å². The third-order valence-electron chi connectivity index (χ3n) is 0.702. The van der Waals surface area contributed by atoms with Crippen molar-refractivity contribution in [3.05, 3.63) is 0 Å². The Hall–Kier alpha value is -0.530. The zero-order valence-corrected chi connectivity index (χ0v) is 3.89. The normalized spacial score (nSPS) is 19.8. The zero-order chi connectivity index (χ0) is 4.41. The standard InChI is InChI=1S/C4H8N2/c1-2-5-6-3-4-6/h2H,3-4H2,1H3. The van der Waals surface area contributed by atoms with Gasteiger partial charge in [-0.25, -0.2) is 0 Å². The van der Waals surface area contributed by atoms with Crippen molar-refractivity contribution in [1.29, 1.82) is 0 Å². The fourth-order valence-corrected chi connectivity index (χ4v) is 0.323. The molecule has 0 aromatic heterocycles. The van der Waals surface area contributed by atoms with Gasteiger partial charge in [-0.2, -0.15) is 5.10 Å². The van der Waals surface area contributed by atoms with Crippen molar-refractivity contribution in [1.82, 2.24) is 5.01 Å². The van der Waals surface area contributed by atoms with Gasteiger partial charge in [0.1, 0.15) is 0 Å². The maximum absolute atomic E-state index is 3.94. The van der Waals surface area contributed by atoms with Crippen molar-refractivity contribution in [2.75, 3.05) is 13.1 Å². The smallest absolute Gasteiger partial charge is 0.0553 e. The van der Waals surface area contributed by atoms with Gasteiger partial charge in [-0.05, 0) is 6.92 Å². The van der Waals surface area contributed by atoms with Crippen LogP contribution in [0.15, 0.2) is 5.10 Å². The maximum Gasteiger partial charge on any atom is 0.0553 e. The summed E-state index contributed by atoms with van der Waals surface area (Å²) in [4.78, 5) is 0. The number of hydrogen-bond donors (Lipinski definition) is 0.